The lowest BCUT2D eigenvalue weighted by molar-refractivity contribution is -0.142. The fourth-order valence-corrected chi connectivity index (χ4v) is 3.45. The highest BCUT2D eigenvalue weighted by Crippen LogP contribution is 2.25. The van der Waals surface area contributed by atoms with Crippen LogP contribution in [-0.4, -0.2) is 23.5 Å². The van der Waals surface area contributed by atoms with Gasteiger partial charge in [0, 0.05) is 11.2 Å². The average molecular weight is 319 g/mol. The lowest BCUT2D eigenvalue weighted by Crippen LogP contribution is -2.34. The molecule has 2 rings (SSSR count). The smallest absolute Gasteiger partial charge is 0.308 e. The summed E-state index contributed by atoms with van der Waals surface area (Å²) in [4.78, 5) is 23.3. The molecule has 0 saturated heterocycles. The normalized spacial score (nSPS) is 12.5. The summed E-state index contributed by atoms with van der Waals surface area (Å²) in [5.41, 5.74) is 0.994. The number of rotatable bonds is 7. The van der Waals surface area contributed by atoms with Crippen molar-refractivity contribution in [3.63, 3.8) is 0 Å². The van der Waals surface area contributed by atoms with Gasteiger partial charge in [0.25, 0.3) is 0 Å². The van der Waals surface area contributed by atoms with Gasteiger partial charge >= 0.3 is 5.97 Å². The van der Waals surface area contributed by atoms with Crippen molar-refractivity contribution in [2.24, 2.45) is 11.8 Å². The maximum absolute atomic E-state index is 12.1. The number of amides is 1. The van der Waals surface area contributed by atoms with Gasteiger partial charge in [-0.05, 0) is 34.7 Å². The molecule has 0 radical (unpaired) electrons. The van der Waals surface area contributed by atoms with Crippen molar-refractivity contribution >= 4 is 33.3 Å². The molecule has 1 atom stereocenters. The number of aliphatic carboxylic acids is 1. The predicted molar refractivity (Wildman–Crippen MR) is 89.1 cm³/mol. The first-order valence-electron chi connectivity index (χ1n) is 7.42. The van der Waals surface area contributed by atoms with E-state index >= 15 is 0 Å². The Morgan fingerprint density at radius 1 is 1.27 bits per heavy atom. The highest BCUT2D eigenvalue weighted by molar-refractivity contribution is 7.17. The van der Waals surface area contributed by atoms with E-state index in [2.05, 4.69) is 5.32 Å². The molecule has 0 saturated carbocycles. The molecule has 118 valence electrons. The molecule has 0 spiro atoms. The first-order valence-corrected chi connectivity index (χ1v) is 8.30. The molecule has 0 aliphatic rings. The van der Waals surface area contributed by atoms with Gasteiger partial charge in [-0.2, -0.15) is 0 Å². The van der Waals surface area contributed by atoms with Crippen LogP contribution in [0.15, 0.2) is 29.6 Å². The first-order chi connectivity index (χ1) is 10.5. The lowest BCUT2D eigenvalue weighted by Gasteiger charge is -2.15. The topological polar surface area (TPSA) is 66.4 Å². The second-order valence-electron chi connectivity index (χ2n) is 5.90. The summed E-state index contributed by atoms with van der Waals surface area (Å²) in [6.45, 7) is 4.15. The molecule has 2 aromatic rings. The molecule has 1 amide bonds. The molecule has 1 heterocycles. The Bertz CT molecular complexity index is 663. The van der Waals surface area contributed by atoms with Gasteiger partial charge in [-0.3, -0.25) is 9.59 Å². The van der Waals surface area contributed by atoms with Crippen molar-refractivity contribution in [2.45, 2.75) is 26.7 Å². The van der Waals surface area contributed by atoms with E-state index in [0.717, 1.165) is 15.6 Å². The Kier molecular flexibility index (Phi) is 5.55. The Hall–Kier alpha value is -1.88. The number of carbonyl (C=O) groups is 2. The second kappa shape index (κ2) is 7.40. The van der Waals surface area contributed by atoms with Crippen molar-refractivity contribution < 1.29 is 14.7 Å². The molecular weight excluding hydrogens is 298 g/mol. The number of fused-ring (bicyclic) bond motifs is 1. The van der Waals surface area contributed by atoms with Crippen LogP contribution in [0.1, 0.15) is 25.8 Å². The van der Waals surface area contributed by atoms with E-state index in [1.165, 1.54) is 0 Å². The van der Waals surface area contributed by atoms with Gasteiger partial charge in [-0.15, -0.1) is 11.3 Å². The maximum atomic E-state index is 12.1. The van der Waals surface area contributed by atoms with Crippen LogP contribution in [0.5, 0.6) is 0 Å². The summed E-state index contributed by atoms with van der Waals surface area (Å²) in [5, 5.41) is 15.0. The monoisotopic (exact) mass is 319 g/mol. The Balaban J connectivity index is 1.94. The zero-order valence-electron chi connectivity index (χ0n) is 12.8. The molecule has 4 nitrogen and oxygen atoms in total. The Labute approximate surface area is 134 Å². The van der Waals surface area contributed by atoms with Gasteiger partial charge < -0.3 is 10.4 Å². The average Bonchev–Trinajstić information content (AvgIpc) is 2.86. The van der Waals surface area contributed by atoms with Gasteiger partial charge in [0.2, 0.25) is 5.91 Å². The number of hydrogen-bond acceptors (Lipinski definition) is 3. The largest absolute Gasteiger partial charge is 0.481 e. The highest BCUT2D eigenvalue weighted by atomic mass is 32.1. The van der Waals surface area contributed by atoms with Crippen LogP contribution in [0.3, 0.4) is 0 Å². The van der Waals surface area contributed by atoms with Gasteiger partial charge in [0.15, 0.2) is 0 Å². The third-order valence-corrected chi connectivity index (χ3v) is 4.58. The molecule has 1 aromatic carbocycles. The van der Waals surface area contributed by atoms with Crippen molar-refractivity contribution in [1.82, 2.24) is 5.32 Å². The van der Waals surface area contributed by atoms with E-state index in [0.29, 0.717) is 12.3 Å². The second-order valence-corrected chi connectivity index (χ2v) is 6.81. The number of thiophene rings is 1. The molecule has 0 aliphatic heterocycles. The number of carboxylic acid groups (broad SMARTS) is 1. The van der Waals surface area contributed by atoms with Crippen LogP contribution in [0.2, 0.25) is 0 Å². The van der Waals surface area contributed by atoms with Crippen molar-refractivity contribution in [2.75, 3.05) is 6.54 Å². The van der Waals surface area contributed by atoms with Crippen molar-refractivity contribution in [3.05, 3.63) is 35.2 Å². The minimum absolute atomic E-state index is 0.126. The number of carbonyl (C=O) groups excluding carboxylic acids is 1. The van der Waals surface area contributed by atoms with Crippen LogP contribution < -0.4 is 5.32 Å². The van der Waals surface area contributed by atoms with Gasteiger partial charge in [0.1, 0.15) is 0 Å². The van der Waals surface area contributed by atoms with Crippen LogP contribution in [0.4, 0.5) is 0 Å². The zero-order chi connectivity index (χ0) is 16.1. The molecule has 22 heavy (non-hydrogen) atoms. The molecule has 0 aliphatic carbocycles. The highest BCUT2D eigenvalue weighted by Gasteiger charge is 2.20. The molecular formula is C17H21NO3S. The molecule has 5 heteroatoms. The zero-order valence-corrected chi connectivity index (χ0v) is 13.7. The summed E-state index contributed by atoms with van der Waals surface area (Å²) in [6, 6.07) is 7.98. The van der Waals surface area contributed by atoms with Crippen LogP contribution in [0, 0.1) is 11.8 Å². The SMILES string of the molecule is CC(C)CC(CNC(=O)Cc1csc2ccccc12)C(=O)O. The number of nitrogens with one attached hydrogen (secondary N) is 1. The third kappa shape index (κ3) is 4.31. The van der Waals surface area contributed by atoms with Crippen molar-refractivity contribution in [3.8, 4) is 0 Å². The standard InChI is InChI=1S/C17H21NO3S/c1-11(2)7-12(17(20)21)9-18-16(19)8-13-10-22-15-6-4-3-5-14(13)15/h3-6,10-12H,7-9H2,1-2H3,(H,18,19)(H,20,21). The van der Waals surface area contributed by atoms with Crippen molar-refractivity contribution in [1.29, 1.82) is 0 Å². The van der Waals surface area contributed by atoms with E-state index in [-0.39, 0.29) is 18.9 Å². The number of benzene rings is 1. The van der Waals surface area contributed by atoms with Crippen LogP contribution in [-0.2, 0) is 16.0 Å². The van der Waals surface area contributed by atoms with Gasteiger partial charge in [-0.1, -0.05) is 32.0 Å². The summed E-state index contributed by atoms with van der Waals surface area (Å²) in [5.74, 6) is -1.21. The minimum Gasteiger partial charge on any atom is -0.481 e. The minimum atomic E-state index is -0.852. The fourth-order valence-electron chi connectivity index (χ4n) is 2.48. The lowest BCUT2D eigenvalue weighted by atomic mass is 9.97. The Morgan fingerprint density at radius 3 is 2.68 bits per heavy atom. The maximum Gasteiger partial charge on any atom is 0.308 e. The van der Waals surface area contributed by atoms with E-state index in [9.17, 15) is 14.7 Å². The molecule has 2 N–H and O–H groups in total. The summed E-state index contributed by atoms with van der Waals surface area (Å²) >= 11 is 1.62. The van der Waals surface area contributed by atoms with Crippen LogP contribution >= 0.6 is 11.3 Å². The molecule has 1 unspecified atom stereocenters. The fraction of sp³-hybridized carbons (Fsp3) is 0.412. The van der Waals surface area contributed by atoms with E-state index in [4.69, 9.17) is 0 Å². The van der Waals surface area contributed by atoms with Crippen LogP contribution in [0.25, 0.3) is 10.1 Å². The number of carboxylic acids is 1. The third-order valence-electron chi connectivity index (χ3n) is 3.56. The summed E-state index contributed by atoms with van der Waals surface area (Å²) in [7, 11) is 0. The summed E-state index contributed by atoms with van der Waals surface area (Å²) < 4.78 is 1.16. The van der Waals surface area contributed by atoms with Gasteiger partial charge in [0.05, 0.1) is 12.3 Å². The predicted octanol–water partition coefficient (Wildman–Crippen LogP) is 3.31. The first kappa shape index (κ1) is 16.5. The number of hydrogen-bond donors (Lipinski definition) is 2. The van der Waals surface area contributed by atoms with E-state index < -0.39 is 11.9 Å². The molecule has 1 aromatic heterocycles. The van der Waals surface area contributed by atoms with Gasteiger partial charge in [-0.25, -0.2) is 0 Å². The summed E-state index contributed by atoms with van der Waals surface area (Å²) in [6.07, 6.45) is 0.856. The van der Waals surface area contributed by atoms with E-state index in [1.54, 1.807) is 11.3 Å². The molecule has 0 fully saturated rings. The Morgan fingerprint density at radius 2 is 2.00 bits per heavy atom. The molecule has 0 bridgehead atoms. The quantitative estimate of drug-likeness (QED) is 0.823. The van der Waals surface area contributed by atoms with E-state index in [1.807, 2.05) is 43.5 Å².